The van der Waals surface area contributed by atoms with Crippen LogP contribution in [-0.2, 0) is 9.47 Å². The zero-order chi connectivity index (χ0) is 10.9. The molecule has 15 heavy (non-hydrogen) atoms. The van der Waals surface area contributed by atoms with E-state index in [0.717, 1.165) is 26.4 Å². The summed E-state index contributed by atoms with van der Waals surface area (Å²) < 4.78 is 10.6. The van der Waals surface area contributed by atoms with Gasteiger partial charge in [0, 0.05) is 26.4 Å². The van der Waals surface area contributed by atoms with Crippen LogP contribution in [0.25, 0.3) is 0 Å². The second kappa shape index (κ2) is 8.08. The predicted molar refractivity (Wildman–Crippen MR) is 62.1 cm³/mol. The summed E-state index contributed by atoms with van der Waals surface area (Å²) in [5, 5.41) is 3.56. The largest absolute Gasteiger partial charge is 0.385 e. The number of hydrogen-bond acceptors (Lipinski definition) is 3. The molecule has 1 aliphatic heterocycles. The Balaban J connectivity index is 2.17. The molecule has 0 aromatic heterocycles. The van der Waals surface area contributed by atoms with Gasteiger partial charge in [-0.1, -0.05) is 13.3 Å². The van der Waals surface area contributed by atoms with Gasteiger partial charge in [0.2, 0.25) is 0 Å². The molecule has 1 aliphatic rings. The van der Waals surface area contributed by atoms with E-state index in [-0.39, 0.29) is 0 Å². The monoisotopic (exact) mass is 215 g/mol. The van der Waals surface area contributed by atoms with E-state index in [2.05, 4.69) is 12.2 Å². The maximum Gasteiger partial charge on any atom is 0.0509 e. The van der Waals surface area contributed by atoms with Crippen molar-refractivity contribution in [1.29, 1.82) is 0 Å². The van der Waals surface area contributed by atoms with Crippen molar-refractivity contribution in [1.82, 2.24) is 5.32 Å². The van der Waals surface area contributed by atoms with E-state index in [1.807, 2.05) is 0 Å². The molecule has 2 atom stereocenters. The number of nitrogens with one attached hydrogen (secondary N) is 1. The fourth-order valence-corrected chi connectivity index (χ4v) is 2.27. The van der Waals surface area contributed by atoms with E-state index >= 15 is 0 Å². The summed E-state index contributed by atoms with van der Waals surface area (Å²) in [4.78, 5) is 0. The lowest BCUT2D eigenvalue weighted by Crippen LogP contribution is -2.42. The lowest BCUT2D eigenvalue weighted by Gasteiger charge is -2.32. The molecule has 1 N–H and O–H groups in total. The second-order valence-corrected chi connectivity index (χ2v) is 4.28. The topological polar surface area (TPSA) is 30.5 Å². The maximum atomic E-state index is 5.54. The molecular weight excluding hydrogens is 190 g/mol. The number of hydrogen-bond donors (Lipinski definition) is 1. The molecule has 2 unspecified atom stereocenters. The molecule has 1 fully saturated rings. The van der Waals surface area contributed by atoms with Gasteiger partial charge in [0.15, 0.2) is 0 Å². The van der Waals surface area contributed by atoms with Crippen LogP contribution in [0.3, 0.4) is 0 Å². The van der Waals surface area contributed by atoms with Gasteiger partial charge in [-0.2, -0.15) is 0 Å². The third kappa shape index (κ3) is 4.96. The van der Waals surface area contributed by atoms with Gasteiger partial charge in [-0.15, -0.1) is 0 Å². The first-order valence-electron chi connectivity index (χ1n) is 6.18. The highest BCUT2D eigenvalue weighted by Gasteiger charge is 2.24. The average molecular weight is 215 g/mol. The van der Waals surface area contributed by atoms with E-state index in [9.17, 15) is 0 Å². The molecule has 1 rings (SSSR count). The average Bonchev–Trinajstić information content (AvgIpc) is 2.27. The van der Waals surface area contributed by atoms with Crippen LogP contribution >= 0.6 is 0 Å². The van der Waals surface area contributed by atoms with Crippen molar-refractivity contribution in [3.8, 4) is 0 Å². The zero-order valence-corrected chi connectivity index (χ0v) is 10.1. The number of rotatable bonds is 7. The summed E-state index contributed by atoms with van der Waals surface area (Å²) in [5.74, 6) is 0.704. The lowest BCUT2D eigenvalue weighted by atomic mass is 9.91. The third-order valence-electron chi connectivity index (χ3n) is 3.11. The number of ether oxygens (including phenoxy) is 2. The molecule has 0 bridgehead atoms. The Bertz CT molecular complexity index is 151. The van der Waals surface area contributed by atoms with Gasteiger partial charge in [0.1, 0.15) is 0 Å². The quantitative estimate of drug-likeness (QED) is 0.657. The van der Waals surface area contributed by atoms with Gasteiger partial charge in [-0.05, 0) is 31.7 Å². The minimum absolute atomic E-state index is 0.672. The molecule has 1 saturated heterocycles. The van der Waals surface area contributed by atoms with E-state index in [0.29, 0.717) is 12.0 Å². The summed E-state index contributed by atoms with van der Waals surface area (Å²) in [5.41, 5.74) is 0. The van der Waals surface area contributed by atoms with Crippen molar-refractivity contribution in [3.05, 3.63) is 0 Å². The van der Waals surface area contributed by atoms with Crippen molar-refractivity contribution in [3.63, 3.8) is 0 Å². The van der Waals surface area contributed by atoms with Crippen molar-refractivity contribution in [2.24, 2.45) is 5.92 Å². The zero-order valence-electron chi connectivity index (χ0n) is 10.1. The standard InChI is InChI=1S/C12H25NO2/c1-3-13-12-7-9-15-10-11(12)6-4-5-8-14-2/h11-13H,3-10H2,1-2H3. The number of unbranched alkanes of at least 4 members (excludes halogenated alkanes) is 1. The van der Waals surface area contributed by atoms with Crippen LogP contribution in [0.1, 0.15) is 32.6 Å². The van der Waals surface area contributed by atoms with Gasteiger partial charge in [0.05, 0.1) is 6.61 Å². The van der Waals surface area contributed by atoms with Crippen LogP contribution in [0, 0.1) is 5.92 Å². The highest BCUT2D eigenvalue weighted by atomic mass is 16.5. The first kappa shape index (κ1) is 12.9. The van der Waals surface area contributed by atoms with Crippen molar-refractivity contribution < 1.29 is 9.47 Å². The van der Waals surface area contributed by atoms with Gasteiger partial charge < -0.3 is 14.8 Å². The minimum atomic E-state index is 0.672. The van der Waals surface area contributed by atoms with Gasteiger partial charge in [0.25, 0.3) is 0 Å². The molecule has 0 radical (unpaired) electrons. The molecule has 0 aromatic carbocycles. The summed E-state index contributed by atoms with van der Waals surface area (Å²) in [6.45, 7) is 5.99. The first-order valence-corrected chi connectivity index (χ1v) is 6.18. The number of methoxy groups -OCH3 is 1. The fourth-order valence-electron chi connectivity index (χ4n) is 2.27. The Morgan fingerprint density at radius 2 is 2.27 bits per heavy atom. The molecule has 1 heterocycles. The van der Waals surface area contributed by atoms with Gasteiger partial charge >= 0.3 is 0 Å². The normalized spacial score (nSPS) is 26.8. The lowest BCUT2D eigenvalue weighted by molar-refractivity contribution is 0.0276. The molecule has 3 nitrogen and oxygen atoms in total. The van der Waals surface area contributed by atoms with Crippen LogP contribution < -0.4 is 5.32 Å². The third-order valence-corrected chi connectivity index (χ3v) is 3.11. The van der Waals surface area contributed by atoms with E-state index in [4.69, 9.17) is 9.47 Å². The SMILES string of the molecule is CCNC1CCOCC1CCCCOC. The van der Waals surface area contributed by atoms with E-state index in [1.54, 1.807) is 7.11 Å². The molecule has 3 heteroatoms. The molecule has 0 spiro atoms. The van der Waals surface area contributed by atoms with Crippen LogP contribution in [-0.4, -0.2) is 39.5 Å². The van der Waals surface area contributed by atoms with Gasteiger partial charge in [-0.25, -0.2) is 0 Å². The van der Waals surface area contributed by atoms with Crippen LogP contribution in [0.4, 0.5) is 0 Å². The van der Waals surface area contributed by atoms with E-state index in [1.165, 1.54) is 25.7 Å². The molecule has 0 amide bonds. The summed E-state index contributed by atoms with van der Waals surface area (Å²) in [6.07, 6.45) is 4.86. The predicted octanol–water partition coefficient (Wildman–Crippen LogP) is 1.82. The molecule has 0 saturated carbocycles. The van der Waals surface area contributed by atoms with Gasteiger partial charge in [-0.3, -0.25) is 0 Å². The summed E-state index contributed by atoms with van der Waals surface area (Å²) in [6, 6.07) is 0.672. The summed E-state index contributed by atoms with van der Waals surface area (Å²) in [7, 11) is 1.77. The Hall–Kier alpha value is -0.120. The summed E-state index contributed by atoms with van der Waals surface area (Å²) >= 11 is 0. The van der Waals surface area contributed by atoms with Crippen molar-refractivity contribution in [2.75, 3.05) is 33.5 Å². The fraction of sp³-hybridized carbons (Fsp3) is 1.00. The van der Waals surface area contributed by atoms with E-state index < -0.39 is 0 Å². The molecule has 0 aliphatic carbocycles. The van der Waals surface area contributed by atoms with Crippen molar-refractivity contribution in [2.45, 2.75) is 38.6 Å². The van der Waals surface area contributed by atoms with Crippen molar-refractivity contribution >= 4 is 0 Å². The molecule has 0 aromatic rings. The highest BCUT2D eigenvalue weighted by Crippen LogP contribution is 2.20. The Labute approximate surface area is 93.5 Å². The van der Waals surface area contributed by atoms with Crippen LogP contribution in [0.15, 0.2) is 0 Å². The van der Waals surface area contributed by atoms with Crippen LogP contribution in [0.5, 0.6) is 0 Å². The first-order chi connectivity index (χ1) is 7.38. The molecular formula is C12H25NO2. The van der Waals surface area contributed by atoms with Crippen LogP contribution in [0.2, 0.25) is 0 Å². The second-order valence-electron chi connectivity index (χ2n) is 4.28. The smallest absolute Gasteiger partial charge is 0.0509 e. The minimum Gasteiger partial charge on any atom is -0.385 e. The maximum absolute atomic E-state index is 5.54. The Morgan fingerprint density at radius 1 is 1.40 bits per heavy atom. The molecule has 90 valence electrons. The highest BCUT2D eigenvalue weighted by molar-refractivity contribution is 4.79. The Morgan fingerprint density at radius 3 is 3.00 bits per heavy atom. The Kier molecular flexibility index (Phi) is 6.98.